The molecule has 1 amide bonds. The third-order valence-electron chi connectivity index (χ3n) is 5.66. The predicted octanol–water partition coefficient (Wildman–Crippen LogP) is 4.27. The topological polar surface area (TPSA) is 140 Å². The van der Waals surface area contributed by atoms with Crippen LogP contribution < -0.4 is 4.90 Å². The van der Waals surface area contributed by atoms with Gasteiger partial charge in [0.15, 0.2) is 0 Å². The summed E-state index contributed by atoms with van der Waals surface area (Å²) >= 11 is 1.46. The Kier molecular flexibility index (Phi) is 10.3. The molecule has 0 aromatic carbocycles. The van der Waals surface area contributed by atoms with Gasteiger partial charge in [0.25, 0.3) is 5.91 Å². The monoisotopic (exact) mass is 583 g/mol. The van der Waals surface area contributed by atoms with E-state index in [1.54, 1.807) is 5.51 Å². The van der Waals surface area contributed by atoms with Crippen LogP contribution in [0.25, 0.3) is 11.0 Å². The summed E-state index contributed by atoms with van der Waals surface area (Å²) in [5.74, 6) is -4.97. The second-order valence-electron chi connectivity index (χ2n) is 8.24. The number of hydrogen-bond donors (Lipinski definition) is 3. The lowest BCUT2D eigenvalue weighted by molar-refractivity contribution is -0.193. The van der Waals surface area contributed by atoms with Gasteiger partial charge in [-0.1, -0.05) is 6.92 Å². The number of alkyl halides is 6. The van der Waals surface area contributed by atoms with Crippen LogP contribution in [0, 0.1) is 5.92 Å². The maximum Gasteiger partial charge on any atom is 0.490 e. The number of piperidine rings is 1. The number of thiazole rings is 1. The minimum absolute atomic E-state index is 0.0352. The third kappa shape index (κ3) is 8.56. The number of amides is 1. The van der Waals surface area contributed by atoms with Crippen molar-refractivity contribution in [3.8, 4) is 0 Å². The number of pyridine rings is 1. The summed E-state index contributed by atoms with van der Waals surface area (Å²) in [6, 6.07) is 4.36. The molecule has 3 aromatic rings. The number of nitrogens with zero attached hydrogens (tertiary/aromatic N) is 4. The SMILES string of the molecule is C[C@@H]1CCN(C(=O)c2cscn2)C[C@@H]1N(C)c1ccnc2[nH]ccc12.O=C(O)C(F)(F)F.O=C(O)C(F)(F)F. The quantitative estimate of drug-likeness (QED) is 0.389. The summed E-state index contributed by atoms with van der Waals surface area (Å²) in [6.07, 6.45) is -5.43. The van der Waals surface area contributed by atoms with Gasteiger partial charge in [0.1, 0.15) is 11.3 Å². The Morgan fingerprint density at radius 1 is 1.08 bits per heavy atom. The number of carbonyl (C=O) groups is 3. The van der Waals surface area contributed by atoms with Gasteiger partial charge in [-0.05, 0) is 24.5 Å². The van der Waals surface area contributed by atoms with E-state index < -0.39 is 24.3 Å². The van der Waals surface area contributed by atoms with Crippen molar-refractivity contribution in [3.05, 3.63) is 41.1 Å². The molecule has 2 atom stereocenters. The van der Waals surface area contributed by atoms with Gasteiger partial charge in [-0.25, -0.2) is 19.6 Å². The van der Waals surface area contributed by atoms with Crippen LogP contribution in [0.15, 0.2) is 35.4 Å². The number of rotatable bonds is 3. The molecule has 1 saturated heterocycles. The van der Waals surface area contributed by atoms with E-state index >= 15 is 0 Å². The van der Waals surface area contributed by atoms with Crippen LogP contribution in [0.5, 0.6) is 0 Å². The Bertz CT molecular complexity index is 1240. The number of halogens is 6. The Morgan fingerprint density at radius 3 is 2.18 bits per heavy atom. The number of nitrogens with one attached hydrogen (secondary N) is 1. The highest BCUT2D eigenvalue weighted by molar-refractivity contribution is 7.07. The number of H-pyrrole nitrogens is 1. The van der Waals surface area contributed by atoms with Gasteiger partial charge in [-0.2, -0.15) is 26.3 Å². The van der Waals surface area contributed by atoms with Gasteiger partial charge in [0.05, 0.1) is 5.51 Å². The van der Waals surface area contributed by atoms with Crippen molar-refractivity contribution in [1.29, 1.82) is 0 Å². The fourth-order valence-electron chi connectivity index (χ4n) is 3.65. The molecule has 0 aliphatic carbocycles. The fourth-order valence-corrected chi connectivity index (χ4v) is 4.18. The average Bonchev–Trinajstić information content (AvgIpc) is 3.55. The first-order chi connectivity index (χ1) is 18.0. The van der Waals surface area contributed by atoms with Crippen LogP contribution in [-0.2, 0) is 9.59 Å². The van der Waals surface area contributed by atoms with Crippen molar-refractivity contribution in [3.63, 3.8) is 0 Å². The Morgan fingerprint density at radius 2 is 1.67 bits per heavy atom. The Labute approximate surface area is 220 Å². The number of hydrogen-bond acceptors (Lipinski definition) is 7. The fraction of sp³-hybridized carbons (Fsp3) is 0.409. The lowest BCUT2D eigenvalue weighted by Gasteiger charge is -2.42. The minimum Gasteiger partial charge on any atom is -0.475 e. The van der Waals surface area contributed by atoms with Crippen molar-refractivity contribution in [1.82, 2.24) is 19.9 Å². The van der Waals surface area contributed by atoms with Gasteiger partial charge in [0.2, 0.25) is 0 Å². The van der Waals surface area contributed by atoms with E-state index in [9.17, 15) is 31.1 Å². The summed E-state index contributed by atoms with van der Waals surface area (Å²) < 4.78 is 63.5. The lowest BCUT2D eigenvalue weighted by Crippen LogP contribution is -2.52. The molecule has 1 aliphatic rings. The van der Waals surface area contributed by atoms with Crippen LogP contribution >= 0.6 is 11.3 Å². The van der Waals surface area contributed by atoms with E-state index in [-0.39, 0.29) is 11.9 Å². The number of anilines is 1. The molecule has 214 valence electrons. The van der Waals surface area contributed by atoms with E-state index in [1.807, 2.05) is 28.7 Å². The lowest BCUT2D eigenvalue weighted by atomic mass is 9.91. The van der Waals surface area contributed by atoms with Crippen LogP contribution in [0.2, 0.25) is 0 Å². The van der Waals surface area contributed by atoms with Crippen LogP contribution in [0.1, 0.15) is 23.8 Å². The number of carbonyl (C=O) groups excluding carboxylic acids is 1. The molecule has 0 saturated carbocycles. The van der Waals surface area contributed by atoms with Crippen LogP contribution in [0.3, 0.4) is 0 Å². The first kappa shape index (κ1) is 31.3. The number of aromatic amines is 1. The average molecular weight is 584 g/mol. The molecule has 0 radical (unpaired) electrons. The molecule has 4 heterocycles. The van der Waals surface area contributed by atoms with Crippen LogP contribution in [-0.4, -0.2) is 86.4 Å². The van der Waals surface area contributed by atoms with Gasteiger partial charge >= 0.3 is 24.3 Å². The van der Waals surface area contributed by atoms with E-state index in [1.165, 1.54) is 11.3 Å². The summed E-state index contributed by atoms with van der Waals surface area (Å²) in [6.45, 7) is 3.77. The zero-order valence-electron chi connectivity index (χ0n) is 20.3. The van der Waals surface area contributed by atoms with Gasteiger partial charge in [-0.3, -0.25) is 4.79 Å². The summed E-state index contributed by atoms with van der Waals surface area (Å²) in [5, 5.41) is 17.2. The van der Waals surface area contributed by atoms with Gasteiger partial charge < -0.3 is 25.0 Å². The highest BCUT2D eigenvalue weighted by Gasteiger charge is 2.39. The van der Waals surface area contributed by atoms with E-state index in [4.69, 9.17) is 19.8 Å². The first-order valence-corrected chi connectivity index (χ1v) is 11.9. The number of likely N-dealkylation sites (N-methyl/N-ethyl adjacent to an activating group) is 1. The number of aliphatic carboxylic acids is 2. The highest BCUT2D eigenvalue weighted by Crippen LogP contribution is 2.30. The van der Waals surface area contributed by atoms with E-state index in [2.05, 4.69) is 39.9 Å². The molecule has 39 heavy (non-hydrogen) atoms. The summed E-state index contributed by atoms with van der Waals surface area (Å²) in [4.78, 5) is 46.4. The summed E-state index contributed by atoms with van der Waals surface area (Å²) in [5.41, 5.74) is 4.30. The largest absolute Gasteiger partial charge is 0.490 e. The maximum absolute atomic E-state index is 12.7. The molecule has 0 unspecified atom stereocenters. The molecular formula is C22H23F6N5O5S. The second-order valence-corrected chi connectivity index (χ2v) is 8.96. The molecule has 4 rings (SSSR count). The highest BCUT2D eigenvalue weighted by atomic mass is 32.1. The number of aromatic nitrogens is 3. The molecule has 10 nitrogen and oxygen atoms in total. The van der Waals surface area contributed by atoms with Gasteiger partial charge in [-0.15, -0.1) is 11.3 Å². The van der Waals surface area contributed by atoms with E-state index in [0.29, 0.717) is 18.2 Å². The van der Waals surface area contributed by atoms with Crippen molar-refractivity contribution < 1.29 is 50.9 Å². The molecule has 1 aliphatic heterocycles. The van der Waals surface area contributed by atoms with Gasteiger partial charge in [0, 0.05) is 55.0 Å². The predicted molar refractivity (Wildman–Crippen MR) is 127 cm³/mol. The van der Waals surface area contributed by atoms with E-state index in [0.717, 1.165) is 29.7 Å². The minimum atomic E-state index is -5.08. The van der Waals surface area contributed by atoms with Crippen molar-refractivity contribution in [2.45, 2.75) is 31.7 Å². The zero-order valence-corrected chi connectivity index (χ0v) is 21.1. The third-order valence-corrected chi connectivity index (χ3v) is 6.24. The Balaban J connectivity index is 0.000000317. The zero-order chi connectivity index (χ0) is 29.5. The second kappa shape index (κ2) is 12.8. The number of fused-ring (bicyclic) bond motifs is 1. The smallest absolute Gasteiger partial charge is 0.475 e. The molecule has 0 spiro atoms. The normalized spacial score (nSPS) is 17.4. The van der Waals surface area contributed by atoms with Crippen molar-refractivity contribution in [2.75, 3.05) is 25.0 Å². The maximum atomic E-state index is 12.7. The molecule has 1 fully saturated rings. The molecule has 3 aromatic heterocycles. The molecule has 17 heteroatoms. The molecule has 0 bridgehead atoms. The molecular weight excluding hydrogens is 560 g/mol. The Hall–Kier alpha value is -3.89. The number of carboxylic acid groups (broad SMARTS) is 2. The van der Waals surface area contributed by atoms with Crippen molar-refractivity contribution >= 4 is 45.9 Å². The first-order valence-electron chi connectivity index (χ1n) is 11.0. The standard InChI is InChI=1S/C18H21N5OS.2C2HF3O2/c1-12-5-8-23(18(24)14-10-25-11-21-14)9-16(12)22(2)15-4-7-20-17-13(15)3-6-19-17;2*3-2(4,5)1(6)7/h3-4,6-7,10-12,16H,5,8-9H2,1-2H3,(H,19,20);2*(H,6,7)/t12-,16+;;/m1../s1. The number of carboxylic acids is 2. The molecule has 3 N–H and O–H groups in total. The summed E-state index contributed by atoms with van der Waals surface area (Å²) in [7, 11) is 2.11. The van der Waals surface area contributed by atoms with Crippen LogP contribution in [0.4, 0.5) is 32.0 Å². The number of likely N-dealkylation sites (tertiary alicyclic amines) is 1. The van der Waals surface area contributed by atoms with Crippen molar-refractivity contribution in [2.24, 2.45) is 5.92 Å².